The summed E-state index contributed by atoms with van der Waals surface area (Å²) in [6, 6.07) is 0. The van der Waals surface area contributed by atoms with Gasteiger partial charge in [0.25, 0.3) is 5.78 Å². The monoisotopic (exact) mass is 298 g/mol. The smallest absolute Gasteiger partial charge is 0.252 e. The molecule has 0 amide bonds. The van der Waals surface area contributed by atoms with Crippen molar-refractivity contribution in [3.63, 3.8) is 0 Å². The summed E-state index contributed by atoms with van der Waals surface area (Å²) < 4.78 is 1.83. The van der Waals surface area contributed by atoms with Gasteiger partial charge in [0.15, 0.2) is 11.6 Å². The van der Waals surface area contributed by atoms with E-state index in [1.165, 1.54) is 32.1 Å². The molecular formula is C17H22N4O. The van der Waals surface area contributed by atoms with Crippen molar-refractivity contribution in [1.82, 2.24) is 19.6 Å². The van der Waals surface area contributed by atoms with Gasteiger partial charge in [-0.1, -0.05) is 33.1 Å². The highest BCUT2D eigenvalue weighted by Crippen LogP contribution is 2.35. The lowest BCUT2D eigenvalue weighted by Crippen LogP contribution is -2.29. The lowest BCUT2D eigenvalue weighted by Gasteiger charge is -2.29. The zero-order valence-electron chi connectivity index (χ0n) is 13.3. The number of rotatable bonds is 1. The van der Waals surface area contributed by atoms with Gasteiger partial charge in [-0.05, 0) is 24.7 Å². The molecular weight excluding hydrogens is 276 g/mol. The maximum atomic E-state index is 12.4. The van der Waals surface area contributed by atoms with E-state index in [4.69, 9.17) is 5.10 Å². The highest BCUT2D eigenvalue weighted by Gasteiger charge is 2.33. The summed E-state index contributed by atoms with van der Waals surface area (Å²) in [4.78, 5) is 21.4. The van der Waals surface area contributed by atoms with Gasteiger partial charge in [0, 0.05) is 18.5 Å². The van der Waals surface area contributed by atoms with Gasteiger partial charge in [0.05, 0.1) is 11.3 Å². The quantitative estimate of drug-likeness (QED) is 0.810. The molecule has 0 aliphatic heterocycles. The summed E-state index contributed by atoms with van der Waals surface area (Å²) in [5, 5.41) is 4.74. The Hall–Kier alpha value is -1.78. The molecule has 4 rings (SSSR count). The topological polar surface area (TPSA) is 60.2 Å². The van der Waals surface area contributed by atoms with Crippen molar-refractivity contribution in [3.8, 4) is 0 Å². The number of ketones is 1. The molecule has 0 spiro atoms. The number of hydrogen-bond acceptors (Lipinski definition) is 4. The van der Waals surface area contributed by atoms with Crippen LogP contribution in [0.1, 0.15) is 80.2 Å². The van der Waals surface area contributed by atoms with E-state index in [1.807, 2.05) is 4.52 Å². The lowest BCUT2D eigenvalue weighted by atomic mass is 9.76. The van der Waals surface area contributed by atoms with Crippen LogP contribution in [0.25, 0.3) is 5.78 Å². The van der Waals surface area contributed by atoms with E-state index >= 15 is 0 Å². The maximum Gasteiger partial charge on any atom is 0.252 e. The van der Waals surface area contributed by atoms with Crippen LogP contribution in [0.4, 0.5) is 0 Å². The molecule has 1 saturated carbocycles. The average Bonchev–Trinajstić information content (AvgIpc) is 2.91. The van der Waals surface area contributed by atoms with Gasteiger partial charge in [0.2, 0.25) is 0 Å². The Labute approximate surface area is 130 Å². The Morgan fingerprint density at radius 1 is 1.18 bits per heavy atom. The molecule has 0 bridgehead atoms. The van der Waals surface area contributed by atoms with Crippen molar-refractivity contribution in [2.75, 3.05) is 0 Å². The van der Waals surface area contributed by atoms with Crippen molar-refractivity contribution in [2.45, 2.75) is 64.7 Å². The second kappa shape index (κ2) is 4.86. The summed E-state index contributed by atoms with van der Waals surface area (Å²) >= 11 is 0. The maximum absolute atomic E-state index is 12.4. The van der Waals surface area contributed by atoms with Crippen LogP contribution in [-0.4, -0.2) is 25.4 Å². The molecule has 22 heavy (non-hydrogen) atoms. The molecule has 2 heterocycles. The fraction of sp³-hybridized carbons (Fsp3) is 0.647. The van der Waals surface area contributed by atoms with Crippen molar-refractivity contribution in [2.24, 2.45) is 5.41 Å². The van der Waals surface area contributed by atoms with E-state index in [2.05, 4.69) is 23.8 Å². The van der Waals surface area contributed by atoms with Crippen LogP contribution in [0.2, 0.25) is 0 Å². The molecule has 0 N–H and O–H groups in total. The number of Topliss-reactive ketones (excluding diaryl/α,β-unsaturated/α-hetero) is 1. The third-order valence-corrected chi connectivity index (χ3v) is 5.04. The van der Waals surface area contributed by atoms with Crippen LogP contribution in [0.15, 0.2) is 6.20 Å². The van der Waals surface area contributed by atoms with Crippen molar-refractivity contribution < 1.29 is 4.79 Å². The van der Waals surface area contributed by atoms with Crippen LogP contribution in [0.3, 0.4) is 0 Å². The minimum Gasteiger partial charge on any atom is -0.294 e. The van der Waals surface area contributed by atoms with Gasteiger partial charge in [-0.25, -0.2) is 9.50 Å². The molecule has 0 radical (unpaired) electrons. The predicted molar refractivity (Wildman–Crippen MR) is 83.0 cm³/mol. The van der Waals surface area contributed by atoms with E-state index in [0.717, 1.165) is 23.5 Å². The molecule has 116 valence electrons. The van der Waals surface area contributed by atoms with Gasteiger partial charge in [0.1, 0.15) is 0 Å². The zero-order valence-corrected chi connectivity index (χ0v) is 13.3. The number of carbonyl (C=O) groups excluding carboxylic acids is 1. The Balaban J connectivity index is 1.82. The summed E-state index contributed by atoms with van der Waals surface area (Å²) in [5.41, 5.74) is 1.70. The average molecular weight is 298 g/mol. The molecule has 2 aliphatic rings. The van der Waals surface area contributed by atoms with Crippen molar-refractivity contribution in [3.05, 3.63) is 23.3 Å². The highest BCUT2D eigenvalue weighted by atomic mass is 16.1. The van der Waals surface area contributed by atoms with Gasteiger partial charge < -0.3 is 0 Å². The third kappa shape index (κ3) is 2.23. The normalized spacial score (nSPS) is 22.0. The number of fused-ring (bicyclic) bond motifs is 3. The fourth-order valence-electron chi connectivity index (χ4n) is 3.88. The third-order valence-electron chi connectivity index (χ3n) is 5.04. The molecule has 2 aromatic heterocycles. The SMILES string of the molecule is CC1(C)CC(=O)c2cnc3nc(C4CCCCC4)nn3c2C1. The van der Waals surface area contributed by atoms with E-state index in [0.29, 0.717) is 18.1 Å². The standard InChI is InChI=1S/C17H22N4O/c1-17(2)8-13-12(14(22)9-17)10-18-16-19-15(20-21(13)16)11-6-4-3-5-7-11/h10-11H,3-9H2,1-2H3. The Morgan fingerprint density at radius 3 is 2.73 bits per heavy atom. The largest absolute Gasteiger partial charge is 0.294 e. The summed E-state index contributed by atoms with van der Waals surface area (Å²) in [7, 11) is 0. The van der Waals surface area contributed by atoms with Crippen LogP contribution in [0, 0.1) is 5.41 Å². The van der Waals surface area contributed by atoms with Crippen LogP contribution in [-0.2, 0) is 6.42 Å². The van der Waals surface area contributed by atoms with Crippen LogP contribution < -0.4 is 0 Å². The number of aromatic nitrogens is 4. The van der Waals surface area contributed by atoms with Crippen LogP contribution in [0.5, 0.6) is 0 Å². The first-order chi connectivity index (χ1) is 10.5. The first-order valence-electron chi connectivity index (χ1n) is 8.31. The molecule has 0 atom stereocenters. The Bertz CT molecular complexity index is 740. The molecule has 5 nitrogen and oxygen atoms in total. The fourth-order valence-corrected chi connectivity index (χ4v) is 3.88. The number of carbonyl (C=O) groups is 1. The van der Waals surface area contributed by atoms with Crippen molar-refractivity contribution in [1.29, 1.82) is 0 Å². The predicted octanol–water partition coefficient (Wildman–Crippen LogP) is 3.33. The zero-order chi connectivity index (χ0) is 15.3. The summed E-state index contributed by atoms with van der Waals surface area (Å²) in [6.07, 6.45) is 9.31. The Morgan fingerprint density at radius 2 is 1.95 bits per heavy atom. The number of hydrogen-bond donors (Lipinski definition) is 0. The molecule has 1 fully saturated rings. The Kier molecular flexibility index (Phi) is 3.06. The van der Waals surface area contributed by atoms with E-state index in [-0.39, 0.29) is 11.2 Å². The van der Waals surface area contributed by atoms with Gasteiger partial charge in [-0.2, -0.15) is 4.98 Å². The minimum atomic E-state index is -0.0185. The van der Waals surface area contributed by atoms with Crippen molar-refractivity contribution >= 4 is 11.6 Å². The molecule has 0 saturated heterocycles. The van der Waals surface area contributed by atoms with Crippen LogP contribution >= 0.6 is 0 Å². The molecule has 2 aliphatic carbocycles. The summed E-state index contributed by atoms with van der Waals surface area (Å²) in [5.74, 6) is 2.19. The second-order valence-electron chi connectivity index (χ2n) is 7.58. The number of nitrogens with zero attached hydrogens (tertiary/aromatic N) is 4. The minimum absolute atomic E-state index is 0.0185. The molecule has 0 aromatic carbocycles. The van der Waals surface area contributed by atoms with E-state index in [1.54, 1.807) is 6.20 Å². The lowest BCUT2D eigenvalue weighted by molar-refractivity contribution is 0.0908. The second-order valence-corrected chi connectivity index (χ2v) is 7.58. The first-order valence-corrected chi connectivity index (χ1v) is 8.31. The van der Waals surface area contributed by atoms with E-state index < -0.39 is 0 Å². The first kappa shape index (κ1) is 13.9. The summed E-state index contributed by atoms with van der Waals surface area (Å²) in [6.45, 7) is 4.28. The molecule has 5 heteroatoms. The molecule has 0 unspecified atom stereocenters. The van der Waals surface area contributed by atoms with Gasteiger partial charge >= 0.3 is 0 Å². The van der Waals surface area contributed by atoms with E-state index in [9.17, 15) is 4.79 Å². The molecule has 2 aromatic rings. The van der Waals surface area contributed by atoms with Gasteiger partial charge in [-0.15, -0.1) is 5.10 Å². The highest BCUT2D eigenvalue weighted by molar-refractivity contribution is 5.98. The van der Waals surface area contributed by atoms with Gasteiger partial charge in [-0.3, -0.25) is 4.79 Å².